The van der Waals surface area contributed by atoms with Crippen LogP contribution in [-0.4, -0.2) is 37.2 Å². The third-order valence-electron chi connectivity index (χ3n) is 10.7. The molecule has 0 saturated heterocycles. The normalized spacial score (nSPS) is 12.5. The van der Waals surface area contributed by atoms with E-state index in [4.69, 9.17) is 14.2 Å². The van der Waals surface area contributed by atoms with Gasteiger partial charge in [-0.1, -0.05) is 191 Å². The van der Waals surface area contributed by atoms with Crippen LogP contribution in [0.2, 0.25) is 0 Å². The fourth-order valence-corrected chi connectivity index (χ4v) is 6.84. The first-order valence-electron chi connectivity index (χ1n) is 25.3. The van der Waals surface area contributed by atoms with Crippen LogP contribution < -0.4 is 0 Å². The number of carbonyl (C=O) groups is 3. The first kappa shape index (κ1) is 57.1. The van der Waals surface area contributed by atoms with E-state index < -0.39 is 6.10 Å². The van der Waals surface area contributed by atoms with Crippen molar-refractivity contribution in [2.24, 2.45) is 0 Å². The Morgan fingerprint density at radius 1 is 0.333 bits per heavy atom. The molecule has 0 aromatic carbocycles. The van der Waals surface area contributed by atoms with Gasteiger partial charge in [0.1, 0.15) is 13.2 Å². The maximum atomic E-state index is 12.8. The summed E-state index contributed by atoms with van der Waals surface area (Å²) in [6.45, 7) is 6.52. The fourth-order valence-electron chi connectivity index (χ4n) is 6.84. The summed E-state index contributed by atoms with van der Waals surface area (Å²) in [6.07, 6.45) is 59.2. The number of hydrogen-bond acceptors (Lipinski definition) is 6. The molecule has 0 rings (SSSR count). The average Bonchev–Trinajstić information content (AvgIpc) is 3.24. The molecule has 346 valence electrons. The van der Waals surface area contributed by atoms with Gasteiger partial charge in [-0.25, -0.2) is 0 Å². The summed E-state index contributed by atoms with van der Waals surface area (Å²) in [5.74, 6) is -0.968. The summed E-state index contributed by atoms with van der Waals surface area (Å²) in [7, 11) is 0. The molecule has 1 unspecified atom stereocenters. The summed E-state index contributed by atoms with van der Waals surface area (Å²) in [5, 5.41) is 0. The summed E-state index contributed by atoms with van der Waals surface area (Å²) >= 11 is 0. The molecule has 0 heterocycles. The van der Waals surface area contributed by atoms with Crippen LogP contribution in [0.5, 0.6) is 0 Å². The second-order valence-electron chi connectivity index (χ2n) is 16.7. The molecule has 0 aliphatic rings. The van der Waals surface area contributed by atoms with Gasteiger partial charge in [-0.15, -0.1) is 0 Å². The molecule has 0 fully saturated rings. The topological polar surface area (TPSA) is 78.9 Å². The van der Waals surface area contributed by atoms with Gasteiger partial charge >= 0.3 is 17.9 Å². The van der Waals surface area contributed by atoms with Gasteiger partial charge in [0.05, 0.1) is 0 Å². The Hall–Kier alpha value is -2.89. The van der Waals surface area contributed by atoms with E-state index in [0.717, 1.165) is 77.0 Å². The van der Waals surface area contributed by atoms with E-state index >= 15 is 0 Å². The highest BCUT2D eigenvalue weighted by atomic mass is 16.6. The van der Waals surface area contributed by atoms with Crippen LogP contribution in [0.3, 0.4) is 0 Å². The lowest BCUT2D eigenvalue weighted by molar-refractivity contribution is -0.167. The number of unbranched alkanes of at least 4 members (excludes halogenated alkanes) is 24. The smallest absolute Gasteiger partial charge is 0.306 e. The molecule has 0 spiro atoms. The minimum absolute atomic E-state index is 0.0976. The zero-order chi connectivity index (χ0) is 43.7. The molecule has 0 amide bonds. The zero-order valence-electron chi connectivity index (χ0n) is 39.5. The van der Waals surface area contributed by atoms with Crippen LogP contribution in [0.15, 0.2) is 60.8 Å². The Bertz CT molecular complexity index is 1100. The molecule has 0 radical (unpaired) electrons. The maximum absolute atomic E-state index is 12.8. The van der Waals surface area contributed by atoms with Crippen molar-refractivity contribution in [2.75, 3.05) is 13.2 Å². The first-order chi connectivity index (χ1) is 29.5. The number of allylic oxidation sites excluding steroid dienone is 10. The Kier molecular flexibility index (Phi) is 46.4. The lowest BCUT2D eigenvalue weighted by Gasteiger charge is -2.18. The van der Waals surface area contributed by atoms with Crippen LogP contribution in [0.25, 0.3) is 0 Å². The first-order valence-corrected chi connectivity index (χ1v) is 25.3. The molecule has 0 aromatic rings. The Morgan fingerprint density at radius 2 is 0.633 bits per heavy atom. The quantitative estimate of drug-likeness (QED) is 0.0263. The number of hydrogen-bond donors (Lipinski definition) is 0. The minimum atomic E-state index is -0.799. The SMILES string of the molecule is CCCC/C=C\CCCCCCC(=O)OCC(COC(=O)CCC/C=C\C/C=C\C/C=C\CCCCCCCC)OC(=O)CCCCCCCCC/C=C\CCCCCC. The molecule has 1 atom stereocenters. The lowest BCUT2D eigenvalue weighted by Crippen LogP contribution is -2.30. The third kappa shape index (κ3) is 46.2. The highest BCUT2D eigenvalue weighted by Crippen LogP contribution is 2.13. The molecule has 6 heteroatoms. The van der Waals surface area contributed by atoms with Crippen molar-refractivity contribution in [2.45, 2.75) is 252 Å². The predicted molar refractivity (Wildman–Crippen MR) is 256 cm³/mol. The van der Waals surface area contributed by atoms with Crippen LogP contribution in [0.1, 0.15) is 245 Å². The van der Waals surface area contributed by atoms with E-state index in [-0.39, 0.29) is 37.5 Å². The van der Waals surface area contributed by atoms with E-state index in [2.05, 4.69) is 81.5 Å². The van der Waals surface area contributed by atoms with Gasteiger partial charge in [0.2, 0.25) is 0 Å². The molecule has 60 heavy (non-hydrogen) atoms. The maximum Gasteiger partial charge on any atom is 0.306 e. The van der Waals surface area contributed by atoms with Crippen molar-refractivity contribution >= 4 is 17.9 Å². The predicted octanol–water partition coefficient (Wildman–Crippen LogP) is 16.5. The van der Waals surface area contributed by atoms with Crippen LogP contribution >= 0.6 is 0 Å². The lowest BCUT2D eigenvalue weighted by atomic mass is 10.1. The molecule has 0 aromatic heterocycles. The monoisotopic (exact) mass is 839 g/mol. The molecule has 6 nitrogen and oxygen atoms in total. The molecule has 0 saturated carbocycles. The average molecular weight is 839 g/mol. The molecular weight excluding hydrogens is 745 g/mol. The fraction of sp³-hybridized carbons (Fsp3) is 0.759. The van der Waals surface area contributed by atoms with E-state index in [9.17, 15) is 14.4 Å². The van der Waals surface area contributed by atoms with Crippen molar-refractivity contribution in [1.82, 2.24) is 0 Å². The molecule has 0 aliphatic heterocycles. The number of rotatable bonds is 45. The number of ether oxygens (including phenoxy) is 3. The van der Waals surface area contributed by atoms with Crippen molar-refractivity contribution < 1.29 is 28.6 Å². The van der Waals surface area contributed by atoms with Gasteiger partial charge in [0.25, 0.3) is 0 Å². The van der Waals surface area contributed by atoms with E-state index in [1.165, 1.54) is 122 Å². The summed E-state index contributed by atoms with van der Waals surface area (Å²) in [6, 6.07) is 0. The van der Waals surface area contributed by atoms with Gasteiger partial charge in [-0.3, -0.25) is 14.4 Å². The van der Waals surface area contributed by atoms with Gasteiger partial charge < -0.3 is 14.2 Å². The molecule has 0 aliphatic carbocycles. The van der Waals surface area contributed by atoms with Gasteiger partial charge in [-0.2, -0.15) is 0 Å². The second kappa shape index (κ2) is 48.8. The second-order valence-corrected chi connectivity index (χ2v) is 16.7. The zero-order valence-corrected chi connectivity index (χ0v) is 39.5. The highest BCUT2D eigenvalue weighted by Gasteiger charge is 2.19. The van der Waals surface area contributed by atoms with Crippen LogP contribution in [0, 0.1) is 0 Å². The van der Waals surface area contributed by atoms with Crippen molar-refractivity contribution in [3.8, 4) is 0 Å². The Balaban J connectivity index is 4.44. The summed E-state index contributed by atoms with van der Waals surface area (Å²) in [4.78, 5) is 37.8. The van der Waals surface area contributed by atoms with Crippen molar-refractivity contribution in [3.05, 3.63) is 60.8 Å². The third-order valence-corrected chi connectivity index (χ3v) is 10.7. The van der Waals surface area contributed by atoms with Crippen molar-refractivity contribution in [3.63, 3.8) is 0 Å². The minimum Gasteiger partial charge on any atom is -0.462 e. The molecule has 0 bridgehead atoms. The van der Waals surface area contributed by atoms with Gasteiger partial charge in [0.15, 0.2) is 6.10 Å². The van der Waals surface area contributed by atoms with Gasteiger partial charge in [-0.05, 0) is 96.3 Å². The van der Waals surface area contributed by atoms with Gasteiger partial charge in [0, 0.05) is 19.3 Å². The standard InChI is InChI=1S/C54H94O6/c1-4-7-10-13-16-19-22-24-26-27-29-30-32-35-38-41-44-47-53(56)59-50-51(49-58-52(55)46-43-40-37-34-21-18-15-12-9-6-3)60-54(57)48-45-42-39-36-33-31-28-25-23-20-17-14-11-8-5-2/h15,18,20,23-24,26,29-30,35,38,51H,4-14,16-17,19,21-22,25,27-28,31-34,36-37,39-50H2,1-3H3/b18-15-,23-20-,26-24-,30-29-,38-35-. The Labute approximate surface area is 370 Å². The van der Waals surface area contributed by atoms with Crippen LogP contribution in [-0.2, 0) is 28.6 Å². The van der Waals surface area contributed by atoms with E-state index in [1.54, 1.807) is 0 Å². The molecular formula is C54H94O6. The van der Waals surface area contributed by atoms with Crippen LogP contribution in [0.4, 0.5) is 0 Å². The van der Waals surface area contributed by atoms with E-state index in [0.29, 0.717) is 19.3 Å². The van der Waals surface area contributed by atoms with Crippen molar-refractivity contribution in [1.29, 1.82) is 0 Å². The largest absolute Gasteiger partial charge is 0.462 e. The summed E-state index contributed by atoms with van der Waals surface area (Å²) < 4.78 is 16.7. The Morgan fingerprint density at radius 3 is 1.08 bits per heavy atom. The highest BCUT2D eigenvalue weighted by molar-refractivity contribution is 5.71. The number of carbonyl (C=O) groups excluding carboxylic acids is 3. The summed E-state index contributed by atoms with van der Waals surface area (Å²) in [5.41, 5.74) is 0. The molecule has 0 N–H and O–H groups in total. The number of esters is 3. The van der Waals surface area contributed by atoms with E-state index in [1.807, 2.05) is 0 Å².